The first-order valence-corrected chi connectivity index (χ1v) is 8.85. The molecule has 0 bridgehead atoms. The van der Waals surface area contributed by atoms with Crippen LogP contribution in [0.5, 0.6) is 0 Å². The van der Waals surface area contributed by atoms with Gasteiger partial charge in [0.2, 0.25) is 10.0 Å². The van der Waals surface area contributed by atoms with Crippen LogP contribution in [0.2, 0.25) is 0 Å². The maximum atomic E-state index is 12.4. The van der Waals surface area contributed by atoms with E-state index in [0.717, 1.165) is 12.8 Å². The molecule has 112 valence electrons. The van der Waals surface area contributed by atoms with Crippen LogP contribution in [-0.2, 0) is 10.0 Å². The van der Waals surface area contributed by atoms with Crippen molar-refractivity contribution in [1.82, 2.24) is 4.72 Å². The standard InChI is InChI=1S/C13H19BrN2O3S/c1-8-6-9(14)10(15)7-13(8)20(18,19)16-11-4-2-3-5-12(11)17/h6-7,11-12,16-17H,2-5,15H2,1H3/t11-,12-/m1/s1. The molecule has 7 heteroatoms. The van der Waals surface area contributed by atoms with Gasteiger partial charge in [-0.05, 0) is 53.4 Å². The molecule has 1 aliphatic rings. The fourth-order valence-electron chi connectivity index (χ4n) is 2.47. The van der Waals surface area contributed by atoms with E-state index in [2.05, 4.69) is 20.7 Å². The minimum atomic E-state index is -3.67. The summed E-state index contributed by atoms with van der Waals surface area (Å²) in [4.78, 5) is 0.163. The zero-order valence-corrected chi connectivity index (χ0v) is 13.7. The largest absolute Gasteiger partial charge is 0.398 e. The summed E-state index contributed by atoms with van der Waals surface area (Å²) in [6.07, 6.45) is 2.53. The Morgan fingerprint density at radius 1 is 1.35 bits per heavy atom. The van der Waals surface area contributed by atoms with E-state index in [-0.39, 0.29) is 4.90 Å². The zero-order chi connectivity index (χ0) is 14.9. The van der Waals surface area contributed by atoms with Crippen LogP contribution in [0.15, 0.2) is 21.5 Å². The van der Waals surface area contributed by atoms with Crippen LogP contribution in [0, 0.1) is 6.92 Å². The quantitative estimate of drug-likeness (QED) is 0.716. The van der Waals surface area contributed by atoms with E-state index in [0.29, 0.717) is 28.6 Å². The number of aryl methyl sites for hydroxylation is 1. The maximum Gasteiger partial charge on any atom is 0.241 e. The molecule has 20 heavy (non-hydrogen) atoms. The fraction of sp³-hybridized carbons (Fsp3) is 0.538. The number of halogens is 1. The number of anilines is 1. The summed E-state index contributed by atoms with van der Waals surface area (Å²) in [5, 5.41) is 9.89. The lowest BCUT2D eigenvalue weighted by atomic mass is 9.93. The highest BCUT2D eigenvalue weighted by molar-refractivity contribution is 9.10. The summed E-state index contributed by atoms with van der Waals surface area (Å²) >= 11 is 3.27. The Labute approximate surface area is 127 Å². The van der Waals surface area contributed by atoms with Gasteiger partial charge in [0, 0.05) is 16.2 Å². The first-order valence-electron chi connectivity index (χ1n) is 6.57. The van der Waals surface area contributed by atoms with Gasteiger partial charge in [-0.2, -0.15) is 0 Å². The van der Waals surface area contributed by atoms with Gasteiger partial charge in [-0.15, -0.1) is 0 Å². The SMILES string of the molecule is Cc1cc(Br)c(N)cc1S(=O)(=O)N[C@@H]1CCCC[C@H]1O. The van der Waals surface area contributed by atoms with E-state index in [4.69, 9.17) is 5.73 Å². The Kier molecular flexibility index (Phi) is 4.73. The second-order valence-corrected chi connectivity index (χ2v) is 7.76. The van der Waals surface area contributed by atoms with E-state index >= 15 is 0 Å². The molecule has 2 atom stereocenters. The van der Waals surface area contributed by atoms with Crippen molar-refractivity contribution in [3.8, 4) is 0 Å². The molecular weight excluding hydrogens is 344 g/mol. The van der Waals surface area contributed by atoms with Gasteiger partial charge < -0.3 is 10.8 Å². The highest BCUT2D eigenvalue weighted by atomic mass is 79.9. The van der Waals surface area contributed by atoms with Crippen molar-refractivity contribution in [2.75, 3.05) is 5.73 Å². The number of aliphatic hydroxyl groups is 1. The van der Waals surface area contributed by atoms with Crippen LogP contribution >= 0.6 is 15.9 Å². The van der Waals surface area contributed by atoms with Crippen LogP contribution in [0.4, 0.5) is 5.69 Å². The van der Waals surface area contributed by atoms with Gasteiger partial charge in [-0.25, -0.2) is 13.1 Å². The summed E-state index contributed by atoms with van der Waals surface area (Å²) in [5.41, 5.74) is 6.75. The van der Waals surface area contributed by atoms with Gasteiger partial charge in [0.15, 0.2) is 0 Å². The average molecular weight is 363 g/mol. The molecule has 0 radical (unpaired) electrons. The molecule has 1 aliphatic carbocycles. The minimum absolute atomic E-state index is 0.163. The second kappa shape index (κ2) is 6.01. The van der Waals surface area contributed by atoms with Gasteiger partial charge in [0.1, 0.15) is 0 Å². The lowest BCUT2D eigenvalue weighted by Gasteiger charge is -2.28. The molecule has 0 heterocycles. The van der Waals surface area contributed by atoms with E-state index < -0.39 is 22.2 Å². The van der Waals surface area contributed by atoms with Crippen molar-refractivity contribution < 1.29 is 13.5 Å². The number of nitrogens with two attached hydrogens (primary N) is 1. The van der Waals surface area contributed by atoms with Crippen LogP contribution in [0.1, 0.15) is 31.2 Å². The van der Waals surface area contributed by atoms with E-state index in [1.165, 1.54) is 6.07 Å². The normalized spacial score (nSPS) is 23.8. The highest BCUT2D eigenvalue weighted by Crippen LogP contribution is 2.27. The second-order valence-electron chi connectivity index (χ2n) is 5.22. The molecule has 5 nitrogen and oxygen atoms in total. The Hall–Kier alpha value is -0.630. The number of aliphatic hydroxyl groups excluding tert-OH is 1. The predicted octanol–water partition coefficient (Wildman–Crippen LogP) is 1.92. The summed E-state index contributed by atoms with van der Waals surface area (Å²) in [7, 11) is -3.67. The molecule has 4 N–H and O–H groups in total. The zero-order valence-electron chi connectivity index (χ0n) is 11.3. The number of hydrogen-bond donors (Lipinski definition) is 3. The summed E-state index contributed by atoms with van der Waals surface area (Å²) in [6, 6.07) is 2.70. The van der Waals surface area contributed by atoms with Crippen molar-refractivity contribution in [3.05, 3.63) is 22.2 Å². The molecule has 0 saturated heterocycles. The first kappa shape index (κ1) is 15.8. The van der Waals surface area contributed by atoms with E-state index in [9.17, 15) is 13.5 Å². The molecule has 0 spiro atoms. The van der Waals surface area contributed by atoms with E-state index in [1.807, 2.05) is 0 Å². The van der Waals surface area contributed by atoms with Crippen LogP contribution in [-0.4, -0.2) is 25.7 Å². The molecule has 0 aliphatic heterocycles. The summed E-state index contributed by atoms with van der Waals surface area (Å²) in [5.74, 6) is 0. The van der Waals surface area contributed by atoms with Crippen molar-refractivity contribution >= 4 is 31.6 Å². The predicted molar refractivity (Wildman–Crippen MR) is 81.9 cm³/mol. The lowest BCUT2D eigenvalue weighted by Crippen LogP contribution is -2.45. The van der Waals surface area contributed by atoms with Crippen LogP contribution in [0.25, 0.3) is 0 Å². The smallest absolute Gasteiger partial charge is 0.241 e. The Morgan fingerprint density at radius 3 is 2.65 bits per heavy atom. The number of nitrogens with one attached hydrogen (secondary N) is 1. The molecule has 0 aromatic heterocycles. The fourth-order valence-corrected chi connectivity index (χ4v) is 4.49. The van der Waals surface area contributed by atoms with Crippen molar-refractivity contribution in [2.45, 2.75) is 49.6 Å². The maximum absolute atomic E-state index is 12.4. The van der Waals surface area contributed by atoms with Crippen LogP contribution in [0.3, 0.4) is 0 Å². The third-order valence-electron chi connectivity index (χ3n) is 3.62. The number of nitrogen functional groups attached to an aromatic ring is 1. The lowest BCUT2D eigenvalue weighted by molar-refractivity contribution is 0.101. The molecule has 1 fully saturated rings. The number of rotatable bonds is 3. The molecule has 1 aromatic rings. The van der Waals surface area contributed by atoms with Crippen molar-refractivity contribution in [2.24, 2.45) is 0 Å². The monoisotopic (exact) mass is 362 g/mol. The number of benzene rings is 1. The van der Waals surface area contributed by atoms with Crippen molar-refractivity contribution in [1.29, 1.82) is 0 Å². The molecule has 0 amide bonds. The molecule has 1 aromatic carbocycles. The van der Waals surface area contributed by atoms with Gasteiger partial charge in [0.05, 0.1) is 11.0 Å². The minimum Gasteiger partial charge on any atom is -0.398 e. The Balaban J connectivity index is 2.28. The molecule has 1 saturated carbocycles. The average Bonchev–Trinajstić information content (AvgIpc) is 2.36. The molecule has 2 rings (SSSR count). The topological polar surface area (TPSA) is 92.4 Å². The molecule has 0 unspecified atom stereocenters. The molecular formula is C13H19BrN2O3S. The first-order chi connectivity index (χ1) is 9.31. The Bertz CT molecular complexity index is 604. The third-order valence-corrected chi connectivity index (χ3v) is 5.94. The Morgan fingerprint density at radius 2 is 2.00 bits per heavy atom. The number of sulfonamides is 1. The van der Waals surface area contributed by atoms with E-state index in [1.54, 1.807) is 13.0 Å². The van der Waals surface area contributed by atoms with Gasteiger partial charge in [-0.1, -0.05) is 12.8 Å². The van der Waals surface area contributed by atoms with Gasteiger partial charge in [-0.3, -0.25) is 0 Å². The third kappa shape index (κ3) is 3.33. The van der Waals surface area contributed by atoms with Crippen molar-refractivity contribution in [3.63, 3.8) is 0 Å². The van der Waals surface area contributed by atoms with Crippen LogP contribution < -0.4 is 10.5 Å². The number of hydrogen-bond acceptors (Lipinski definition) is 4. The van der Waals surface area contributed by atoms with Gasteiger partial charge >= 0.3 is 0 Å². The highest BCUT2D eigenvalue weighted by Gasteiger charge is 2.29. The summed E-state index contributed by atoms with van der Waals surface area (Å²) in [6.45, 7) is 1.72. The van der Waals surface area contributed by atoms with Gasteiger partial charge in [0.25, 0.3) is 0 Å². The summed E-state index contributed by atoms with van der Waals surface area (Å²) < 4.78 is 28.1.